The molecule has 0 radical (unpaired) electrons. The summed E-state index contributed by atoms with van der Waals surface area (Å²) in [4.78, 5) is 24.6. The van der Waals surface area contributed by atoms with Crippen LogP contribution in [0.4, 0.5) is 5.00 Å². The average molecular weight is 345 g/mol. The van der Waals surface area contributed by atoms with Crippen molar-refractivity contribution in [1.82, 2.24) is 0 Å². The van der Waals surface area contributed by atoms with E-state index in [-0.39, 0.29) is 11.9 Å². The van der Waals surface area contributed by atoms with Crippen molar-refractivity contribution in [3.63, 3.8) is 0 Å². The molecule has 128 valence electrons. The van der Waals surface area contributed by atoms with Crippen molar-refractivity contribution in [1.29, 1.82) is 0 Å². The summed E-state index contributed by atoms with van der Waals surface area (Å²) in [5, 5.41) is 4.38. The van der Waals surface area contributed by atoms with E-state index in [1.807, 2.05) is 24.3 Å². The minimum atomic E-state index is -0.374. The third-order valence-corrected chi connectivity index (χ3v) is 5.67. The van der Waals surface area contributed by atoms with E-state index in [0.29, 0.717) is 29.5 Å². The summed E-state index contributed by atoms with van der Waals surface area (Å²) in [6, 6.07) is 7.67. The number of benzene rings is 1. The molecule has 5 heteroatoms. The van der Waals surface area contributed by atoms with Gasteiger partial charge < -0.3 is 10.1 Å². The Kier molecular flexibility index (Phi) is 5.51. The Morgan fingerprint density at radius 3 is 2.75 bits per heavy atom. The number of carbonyl (C=O) groups is 2. The molecule has 1 aliphatic rings. The number of nitrogens with one attached hydrogen (secondary N) is 1. The van der Waals surface area contributed by atoms with Crippen molar-refractivity contribution in [2.45, 2.75) is 45.4 Å². The van der Waals surface area contributed by atoms with Crippen LogP contribution in [-0.2, 0) is 9.53 Å². The molecule has 3 rings (SSSR count). The van der Waals surface area contributed by atoms with E-state index in [0.717, 1.165) is 16.5 Å². The van der Waals surface area contributed by atoms with Gasteiger partial charge in [0.05, 0.1) is 6.61 Å². The number of hydrogen-bond acceptors (Lipinski definition) is 4. The van der Waals surface area contributed by atoms with E-state index in [2.05, 4.69) is 5.32 Å². The number of ether oxygens (including phenoxy) is 1. The molecule has 1 aliphatic carbocycles. The fraction of sp³-hybridized carbons (Fsp3) is 0.474. The van der Waals surface area contributed by atoms with E-state index in [1.54, 1.807) is 6.92 Å². The van der Waals surface area contributed by atoms with Crippen molar-refractivity contribution >= 4 is 38.3 Å². The van der Waals surface area contributed by atoms with Gasteiger partial charge in [0.2, 0.25) is 5.91 Å². The normalized spacial score (nSPS) is 14.9. The van der Waals surface area contributed by atoms with Crippen LogP contribution in [0, 0.1) is 5.92 Å². The van der Waals surface area contributed by atoms with Crippen LogP contribution >= 0.6 is 11.3 Å². The number of anilines is 1. The van der Waals surface area contributed by atoms with Gasteiger partial charge in [-0.05, 0) is 25.3 Å². The Morgan fingerprint density at radius 1 is 1.25 bits per heavy atom. The molecular formula is C19H23NO3S. The Bertz CT molecular complexity index is 731. The first-order valence-electron chi connectivity index (χ1n) is 8.67. The molecule has 1 saturated carbocycles. The van der Waals surface area contributed by atoms with Crippen LogP contribution in [0.15, 0.2) is 24.3 Å². The van der Waals surface area contributed by atoms with Crippen LogP contribution in [0.3, 0.4) is 0 Å². The molecule has 0 bridgehead atoms. The summed E-state index contributed by atoms with van der Waals surface area (Å²) in [6.45, 7) is 2.10. The number of hydrogen-bond donors (Lipinski definition) is 1. The Labute approximate surface area is 146 Å². The monoisotopic (exact) mass is 345 g/mol. The standard InChI is InChI=1S/C19H23NO3S/c1-2-23-19(22)17-14-9-5-6-10-15(14)24-18(17)20-16(21)12-11-13-7-3-4-8-13/h5-6,9-10,13H,2-4,7-8,11-12H2,1H3,(H,20,21). The summed E-state index contributed by atoms with van der Waals surface area (Å²) in [5.41, 5.74) is 0.478. The van der Waals surface area contributed by atoms with Gasteiger partial charge in [0.15, 0.2) is 0 Å². The quantitative estimate of drug-likeness (QED) is 0.751. The van der Waals surface area contributed by atoms with Gasteiger partial charge in [-0.1, -0.05) is 43.9 Å². The first-order valence-corrected chi connectivity index (χ1v) is 9.49. The van der Waals surface area contributed by atoms with E-state index < -0.39 is 0 Å². The number of fused-ring (bicyclic) bond motifs is 1. The van der Waals surface area contributed by atoms with Gasteiger partial charge in [-0.15, -0.1) is 11.3 Å². The van der Waals surface area contributed by atoms with Crippen LogP contribution < -0.4 is 5.32 Å². The summed E-state index contributed by atoms with van der Waals surface area (Å²) >= 11 is 1.43. The first-order chi connectivity index (χ1) is 11.7. The molecule has 1 amide bonds. The second kappa shape index (κ2) is 7.79. The van der Waals surface area contributed by atoms with Gasteiger partial charge >= 0.3 is 5.97 Å². The molecule has 1 aromatic carbocycles. The summed E-state index contributed by atoms with van der Waals surface area (Å²) < 4.78 is 6.15. The number of thiophene rings is 1. The summed E-state index contributed by atoms with van der Waals surface area (Å²) in [7, 11) is 0. The topological polar surface area (TPSA) is 55.4 Å². The van der Waals surface area contributed by atoms with Crippen LogP contribution in [0.1, 0.15) is 55.8 Å². The summed E-state index contributed by atoms with van der Waals surface area (Å²) in [6.07, 6.45) is 6.51. The van der Waals surface area contributed by atoms with Crippen LogP contribution in [-0.4, -0.2) is 18.5 Å². The van der Waals surface area contributed by atoms with Crippen molar-refractivity contribution in [2.75, 3.05) is 11.9 Å². The van der Waals surface area contributed by atoms with Gasteiger partial charge in [-0.3, -0.25) is 4.79 Å². The van der Waals surface area contributed by atoms with Gasteiger partial charge in [-0.25, -0.2) is 4.79 Å². The van der Waals surface area contributed by atoms with Gasteiger partial charge in [0.1, 0.15) is 10.6 Å². The lowest BCUT2D eigenvalue weighted by molar-refractivity contribution is -0.116. The second-order valence-electron chi connectivity index (χ2n) is 6.26. The largest absolute Gasteiger partial charge is 0.462 e. The highest BCUT2D eigenvalue weighted by Crippen LogP contribution is 2.36. The molecule has 0 unspecified atom stereocenters. The minimum Gasteiger partial charge on any atom is -0.462 e. The Balaban J connectivity index is 1.76. The second-order valence-corrected chi connectivity index (χ2v) is 7.31. The molecule has 0 spiro atoms. The highest BCUT2D eigenvalue weighted by molar-refractivity contribution is 7.23. The highest BCUT2D eigenvalue weighted by atomic mass is 32.1. The molecule has 0 saturated heterocycles. The third-order valence-electron chi connectivity index (χ3n) is 4.58. The van der Waals surface area contributed by atoms with Crippen molar-refractivity contribution in [3.8, 4) is 0 Å². The van der Waals surface area contributed by atoms with Crippen molar-refractivity contribution in [2.24, 2.45) is 5.92 Å². The minimum absolute atomic E-state index is 0.0148. The smallest absolute Gasteiger partial charge is 0.341 e. The van der Waals surface area contributed by atoms with Crippen molar-refractivity contribution < 1.29 is 14.3 Å². The lowest BCUT2D eigenvalue weighted by Crippen LogP contribution is -2.15. The van der Waals surface area contributed by atoms with Crippen LogP contribution in [0.2, 0.25) is 0 Å². The fourth-order valence-electron chi connectivity index (χ4n) is 3.36. The number of rotatable bonds is 6. The zero-order valence-corrected chi connectivity index (χ0v) is 14.8. The first kappa shape index (κ1) is 17.0. The van der Waals surface area contributed by atoms with E-state index in [4.69, 9.17) is 4.74 Å². The Hall–Kier alpha value is -1.88. The average Bonchev–Trinajstić information content (AvgIpc) is 3.20. The highest BCUT2D eigenvalue weighted by Gasteiger charge is 2.22. The number of amides is 1. The van der Waals surface area contributed by atoms with Crippen LogP contribution in [0.25, 0.3) is 10.1 Å². The van der Waals surface area contributed by atoms with E-state index in [1.165, 1.54) is 37.0 Å². The summed E-state index contributed by atoms with van der Waals surface area (Å²) in [5.74, 6) is 0.294. The van der Waals surface area contributed by atoms with Gasteiger partial charge in [-0.2, -0.15) is 0 Å². The van der Waals surface area contributed by atoms with Crippen LogP contribution in [0.5, 0.6) is 0 Å². The maximum atomic E-state index is 12.3. The molecule has 0 aliphatic heterocycles. The molecule has 1 N–H and O–H groups in total. The molecule has 1 fully saturated rings. The van der Waals surface area contributed by atoms with Gasteiger partial charge in [0.25, 0.3) is 0 Å². The zero-order valence-electron chi connectivity index (χ0n) is 14.0. The van der Waals surface area contributed by atoms with E-state index in [9.17, 15) is 9.59 Å². The Morgan fingerprint density at radius 2 is 2.00 bits per heavy atom. The zero-order chi connectivity index (χ0) is 16.9. The molecule has 1 heterocycles. The van der Waals surface area contributed by atoms with E-state index >= 15 is 0 Å². The maximum Gasteiger partial charge on any atom is 0.341 e. The fourth-order valence-corrected chi connectivity index (χ4v) is 4.47. The molecule has 1 aromatic heterocycles. The lowest BCUT2D eigenvalue weighted by Gasteiger charge is -2.09. The number of carbonyl (C=O) groups excluding carboxylic acids is 2. The SMILES string of the molecule is CCOC(=O)c1c(NC(=O)CCC2CCCC2)sc2ccccc12. The molecule has 4 nitrogen and oxygen atoms in total. The molecule has 24 heavy (non-hydrogen) atoms. The maximum absolute atomic E-state index is 12.3. The van der Waals surface area contributed by atoms with Gasteiger partial charge in [0, 0.05) is 16.5 Å². The molecule has 2 aromatic rings. The predicted molar refractivity (Wildman–Crippen MR) is 97.6 cm³/mol. The number of esters is 1. The predicted octanol–water partition coefficient (Wildman–Crippen LogP) is 4.99. The molecular weight excluding hydrogens is 322 g/mol. The van der Waals surface area contributed by atoms with Crippen molar-refractivity contribution in [3.05, 3.63) is 29.8 Å². The lowest BCUT2D eigenvalue weighted by atomic mass is 10.0. The molecule has 0 atom stereocenters. The third kappa shape index (κ3) is 3.78.